The number of carbonyl (C=O) groups excluding carboxylic acids is 1. The van der Waals surface area contributed by atoms with Crippen molar-refractivity contribution in [3.63, 3.8) is 0 Å². The van der Waals surface area contributed by atoms with Crippen molar-refractivity contribution in [2.45, 2.75) is 4.90 Å². The van der Waals surface area contributed by atoms with Crippen molar-refractivity contribution in [3.8, 4) is 0 Å². The molecule has 1 aromatic rings. The molecule has 3 rings (SSSR count). The van der Waals surface area contributed by atoms with Gasteiger partial charge in [0, 0.05) is 58.0 Å². The van der Waals surface area contributed by atoms with Crippen LogP contribution >= 0.6 is 0 Å². The number of anilines is 1. The van der Waals surface area contributed by atoms with Crippen LogP contribution in [0.15, 0.2) is 41.8 Å². The molecule has 1 aromatic carbocycles. The van der Waals surface area contributed by atoms with Gasteiger partial charge in [-0.15, -0.1) is 0 Å². The van der Waals surface area contributed by atoms with Crippen LogP contribution in [0.1, 0.15) is 0 Å². The van der Waals surface area contributed by atoms with Gasteiger partial charge >= 0.3 is 0 Å². The van der Waals surface area contributed by atoms with E-state index >= 15 is 0 Å². The third-order valence-corrected chi connectivity index (χ3v) is 7.03. The van der Waals surface area contributed by atoms with E-state index in [1.165, 1.54) is 22.5 Å². The van der Waals surface area contributed by atoms with Crippen LogP contribution in [0, 0.1) is 0 Å². The maximum Gasteiger partial charge on any atom is 0.247 e. The highest BCUT2D eigenvalue weighted by molar-refractivity contribution is 7.89. The summed E-state index contributed by atoms with van der Waals surface area (Å²) in [5.41, 5.74) is 0.539. The van der Waals surface area contributed by atoms with Gasteiger partial charge in [-0.05, 0) is 30.3 Å². The summed E-state index contributed by atoms with van der Waals surface area (Å²) in [5.74, 6) is -0.330. The van der Waals surface area contributed by atoms with Gasteiger partial charge in [-0.25, -0.2) is 8.42 Å². The number of rotatable bonds is 7. The highest BCUT2D eigenvalue weighted by Crippen LogP contribution is 2.20. The van der Waals surface area contributed by atoms with Crippen LogP contribution in [0.5, 0.6) is 0 Å². The Morgan fingerprint density at radius 3 is 2.14 bits per heavy atom. The van der Waals surface area contributed by atoms with Crippen molar-refractivity contribution < 1.29 is 17.9 Å². The van der Waals surface area contributed by atoms with Crippen molar-refractivity contribution in [2.24, 2.45) is 0 Å². The van der Waals surface area contributed by atoms with Crippen LogP contribution in [0.4, 0.5) is 5.69 Å². The van der Waals surface area contributed by atoms with Gasteiger partial charge in [0.15, 0.2) is 0 Å². The highest BCUT2D eigenvalue weighted by atomic mass is 32.2. The molecule has 0 atom stereocenters. The van der Waals surface area contributed by atoms with Crippen molar-refractivity contribution in [1.82, 2.24) is 14.1 Å². The molecule has 2 aliphatic heterocycles. The topological polar surface area (TPSA) is 82.2 Å². The summed E-state index contributed by atoms with van der Waals surface area (Å²) in [6.45, 7) is 11.3. The second-order valence-corrected chi connectivity index (χ2v) is 8.86. The fourth-order valence-electron chi connectivity index (χ4n) is 3.35. The van der Waals surface area contributed by atoms with Crippen molar-refractivity contribution in [3.05, 3.63) is 36.9 Å². The lowest BCUT2D eigenvalue weighted by atomic mass is 10.3. The zero-order chi connectivity index (χ0) is 20.0. The number of sulfonamides is 1. The van der Waals surface area contributed by atoms with E-state index in [2.05, 4.69) is 21.7 Å². The molecule has 0 spiro atoms. The number of nitrogens with zero attached hydrogens (tertiary/aromatic N) is 3. The quantitative estimate of drug-likeness (QED) is 0.660. The van der Waals surface area contributed by atoms with Gasteiger partial charge in [0.05, 0.1) is 18.1 Å². The number of nitrogens with one attached hydrogen (secondary N) is 1. The fourth-order valence-corrected chi connectivity index (χ4v) is 4.78. The molecule has 2 heterocycles. The van der Waals surface area contributed by atoms with E-state index in [9.17, 15) is 13.2 Å². The number of hydrogen-bond donors (Lipinski definition) is 1. The zero-order valence-electron chi connectivity index (χ0n) is 16.0. The van der Waals surface area contributed by atoms with Gasteiger partial charge in [-0.2, -0.15) is 4.31 Å². The van der Waals surface area contributed by atoms with Crippen LogP contribution in [-0.4, -0.2) is 94.0 Å². The lowest BCUT2D eigenvalue weighted by Gasteiger charge is -2.35. The molecule has 0 aliphatic carbocycles. The lowest BCUT2D eigenvalue weighted by Crippen LogP contribution is -2.50. The first-order valence-electron chi connectivity index (χ1n) is 9.55. The van der Waals surface area contributed by atoms with E-state index in [0.29, 0.717) is 18.8 Å². The van der Waals surface area contributed by atoms with Crippen LogP contribution < -0.4 is 5.32 Å². The maximum atomic E-state index is 12.9. The smallest absolute Gasteiger partial charge is 0.247 e. The van der Waals surface area contributed by atoms with Crippen LogP contribution in [0.25, 0.3) is 0 Å². The molecule has 9 heteroatoms. The SMILES string of the molecule is C=CC(=O)Nc1ccc(S(=O)(=O)N2CCN(CCN3CCOCC3)CC2)cc1. The molecule has 28 heavy (non-hydrogen) atoms. The van der Waals surface area contributed by atoms with Gasteiger partial charge in [-0.1, -0.05) is 6.58 Å². The normalized spacial score (nSPS) is 20.0. The number of hydrogen-bond acceptors (Lipinski definition) is 6. The summed E-state index contributed by atoms with van der Waals surface area (Å²) in [6.07, 6.45) is 1.17. The molecule has 0 radical (unpaired) electrons. The van der Waals surface area contributed by atoms with Gasteiger partial charge in [-0.3, -0.25) is 14.6 Å². The van der Waals surface area contributed by atoms with Crippen molar-refractivity contribution in [1.29, 1.82) is 0 Å². The second-order valence-electron chi connectivity index (χ2n) is 6.92. The Bertz CT molecular complexity index is 768. The molecule has 2 fully saturated rings. The van der Waals surface area contributed by atoms with E-state index in [-0.39, 0.29) is 10.8 Å². The fraction of sp³-hybridized carbons (Fsp3) is 0.526. The summed E-state index contributed by atoms with van der Waals surface area (Å²) >= 11 is 0. The second kappa shape index (κ2) is 9.62. The average Bonchev–Trinajstić information content (AvgIpc) is 2.73. The van der Waals surface area contributed by atoms with Crippen LogP contribution in [0.3, 0.4) is 0 Å². The molecule has 0 aromatic heterocycles. The number of ether oxygens (including phenoxy) is 1. The molecular weight excluding hydrogens is 380 g/mol. The predicted molar refractivity (Wildman–Crippen MR) is 108 cm³/mol. The zero-order valence-corrected chi connectivity index (χ0v) is 16.9. The summed E-state index contributed by atoms with van der Waals surface area (Å²) in [4.78, 5) is 16.3. The Kier molecular flexibility index (Phi) is 7.19. The number of benzene rings is 1. The first kappa shape index (κ1) is 20.9. The minimum absolute atomic E-state index is 0.242. The van der Waals surface area contributed by atoms with Crippen LogP contribution in [-0.2, 0) is 19.6 Å². The number of morpholine rings is 1. The van der Waals surface area contributed by atoms with Gasteiger partial charge in [0.1, 0.15) is 0 Å². The van der Waals surface area contributed by atoms with E-state index in [0.717, 1.165) is 52.5 Å². The molecule has 1 N–H and O–H groups in total. The molecule has 2 aliphatic rings. The lowest BCUT2D eigenvalue weighted by molar-refractivity contribution is -0.111. The van der Waals surface area contributed by atoms with Gasteiger partial charge in [0.2, 0.25) is 15.9 Å². The Morgan fingerprint density at radius 2 is 1.57 bits per heavy atom. The summed E-state index contributed by atoms with van der Waals surface area (Å²) in [5, 5.41) is 2.61. The minimum Gasteiger partial charge on any atom is -0.379 e. The third kappa shape index (κ3) is 5.39. The third-order valence-electron chi connectivity index (χ3n) is 5.11. The average molecular weight is 409 g/mol. The predicted octanol–water partition coefficient (Wildman–Crippen LogP) is 0.450. The maximum absolute atomic E-state index is 12.9. The first-order valence-corrected chi connectivity index (χ1v) is 11.0. The van der Waals surface area contributed by atoms with E-state index in [1.807, 2.05) is 0 Å². The Labute approximate surface area is 166 Å². The van der Waals surface area contributed by atoms with Crippen molar-refractivity contribution >= 4 is 21.6 Å². The Balaban J connectivity index is 1.51. The molecular formula is C19H28N4O4S. The molecule has 0 saturated carbocycles. The molecule has 154 valence electrons. The standard InChI is InChI=1S/C19H28N4O4S/c1-2-19(24)20-17-3-5-18(6-4-17)28(25,26)23-11-9-21(10-12-23)7-8-22-13-15-27-16-14-22/h2-6H,1,7-16H2,(H,20,24). The summed E-state index contributed by atoms with van der Waals surface area (Å²) < 4.78 is 32.6. The van der Waals surface area contributed by atoms with Gasteiger partial charge < -0.3 is 10.1 Å². The molecule has 8 nitrogen and oxygen atoms in total. The summed E-state index contributed by atoms with van der Waals surface area (Å²) in [7, 11) is -3.52. The minimum atomic E-state index is -3.52. The molecule has 0 unspecified atom stereocenters. The molecule has 0 bridgehead atoms. The number of carbonyl (C=O) groups is 1. The molecule has 1 amide bonds. The van der Waals surface area contributed by atoms with Gasteiger partial charge in [0.25, 0.3) is 0 Å². The Morgan fingerprint density at radius 1 is 1.00 bits per heavy atom. The number of amides is 1. The highest BCUT2D eigenvalue weighted by Gasteiger charge is 2.28. The largest absolute Gasteiger partial charge is 0.379 e. The van der Waals surface area contributed by atoms with Crippen LogP contribution in [0.2, 0.25) is 0 Å². The monoisotopic (exact) mass is 408 g/mol. The van der Waals surface area contributed by atoms with E-state index < -0.39 is 10.0 Å². The first-order chi connectivity index (χ1) is 13.5. The summed E-state index contributed by atoms with van der Waals surface area (Å²) in [6, 6.07) is 6.23. The van der Waals surface area contributed by atoms with Crippen molar-refractivity contribution in [2.75, 3.05) is 70.9 Å². The molecule has 2 saturated heterocycles. The Hall–Kier alpha value is -1.78. The van der Waals surface area contributed by atoms with E-state index in [1.54, 1.807) is 12.1 Å². The number of piperazine rings is 1. The van der Waals surface area contributed by atoms with E-state index in [4.69, 9.17) is 4.74 Å².